The van der Waals surface area contributed by atoms with Crippen molar-refractivity contribution >= 4 is 11.9 Å². The van der Waals surface area contributed by atoms with Crippen LogP contribution in [0.25, 0.3) is 0 Å². The molecule has 0 aliphatic carbocycles. The highest BCUT2D eigenvalue weighted by atomic mass is 16.5. The minimum Gasteiger partial charge on any atom is -0.465 e. The number of nitrogens with zero attached hydrogens (tertiary/aromatic N) is 1. The first-order chi connectivity index (χ1) is 7.11. The number of likely N-dealkylation sites (tertiary alicyclic amines) is 1. The Kier molecular flexibility index (Phi) is 4.55. The summed E-state index contributed by atoms with van der Waals surface area (Å²) in [6.07, 6.45) is 0.902. The highest BCUT2D eigenvalue weighted by Gasteiger charge is 2.24. The van der Waals surface area contributed by atoms with Gasteiger partial charge in [0.15, 0.2) is 0 Å². The summed E-state index contributed by atoms with van der Waals surface area (Å²) in [6.45, 7) is 5.61. The van der Waals surface area contributed by atoms with E-state index >= 15 is 0 Å². The van der Waals surface area contributed by atoms with Crippen LogP contribution in [0, 0.1) is 0 Å². The standard InChI is InChI=1S/C10H18N2O3/c1-3-15-10(14)7-12-5-4-9(6-12)11-8(2)13/h9H,3-7H2,1-2H3,(H,11,13). The van der Waals surface area contributed by atoms with E-state index in [1.165, 1.54) is 6.92 Å². The van der Waals surface area contributed by atoms with Crippen LogP contribution in [-0.4, -0.2) is 49.1 Å². The normalized spacial score (nSPS) is 21.3. The van der Waals surface area contributed by atoms with E-state index in [4.69, 9.17) is 4.74 Å². The zero-order chi connectivity index (χ0) is 11.3. The Morgan fingerprint density at radius 2 is 2.27 bits per heavy atom. The molecule has 1 N–H and O–H groups in total. The van der Waals surface area contributed by atoms with E-state index in [2.05, 4.69) is 5.32 Å². The van der Waals surface area contributed by atoms with Gasteiger partial charge in [-0.1, -0.05) is 0 Å². The summed E-state index contributed by atoms with van der Waals surface area (Å²) in [5.41, 5.74) is 0. The summed E-state index contributed by atoms with van der Waals surface area (Å²) in [7, 11) is 0. The van der Waals surface area contributed by atoms with Gasteiger partial charge in [0.2, 0.25) is 5.91 Å². The molecule has 5 heteroatoms. The van der Waals surface area contributed by atoms with Gasteiger partial charge >= 0.3 is 5.97 Å². The Balaban J connectivity index is 2.24. The van der Waals surface area contributed by atoms with Crippen molar-refractivity contribution in [3.63, 3.8) is 0 Å². The van der Waals surface area contributed by atoms with Crippen LogP contribution in [0.4, 0.5) is 0 Å². The van der Waals surface area contributed by atoms with Gasteiger partial charge in [-0.3, -0.25) is 14.5 Å². The third kappa shape index (κ3) is 4.29. The quantitative estimate of drug-likeness (QED) is 0.656. The minimum absolute atomic E-state index is 0.0158. The number of amides is 1. The number of hydrogen-bond donors (Lipinski definition) is 1. The van der Waals surface area contributed by atoms with E-state index in [1.54, 1.807) is 6.92 Å². The average Bonchev–Trinajstić information content (AvgIpc) is 2.51. The van der Waals surface area contributed by atoms with Gasteiger partial charge in [-0.15, -0.1) is 0 Å². The van der Waals surface area contributed by atoms with E-state index in [9.17, 15) is 9.59 Å². The Morgan fingerprint density at radius 1 is 1.53 bits per heavy atom. The Morgan fingerprint density at radius 3 is 2.87 bits per heavy atom. The fourth-order valence-electron chi connectivity index (χ4n) is 1.77. The summed E-state index contributed by atoms with van der Waals surface area (Å²) in [6, 6.07) is 0.178. The molecule has 1 aliphatic rings. The van der Waals surface area contributed by atoms with Gasteiger partial charge in [0.05, 0.1) is 13.2 Å². The molecule has 0 aromatic heterocycles. The molecule has 0 aromatic carbocycles. The van der Waals surface area contributed by atoms with Gasteiger partial charge in [0.25, 0.3) is 0 Å². The monoisotopic (exact) mass is 214 g/mol. The Labute approximate surface area is 89.8 Å². The van der Waals surface area contributed by atoms with Crippen molar-refractivity contribution in [1.82, 2.24) is 10.2 Å². The first-order valence-corrected chi connectivity index (χ1v) is 5.27. The van der Waals surface area contributed by atoms with E-state index < -0.39 is 0 Å². The SMILES string of the molecule is CCOC(=O)CN1CCC(NC(C)=O)C1. The molecule has 0 bridgehead atoms. The fraction of sp³-hybridized carbons (Fsp3) is 0.800. The number of hydrogen-bond acceptors (Lipinski definition) is 4. The second-order valence-electron chi connectivity index (χ2n) is 3.73. The number of carbonyl (C=O) groups is 2. The predicted octanol–water partition coefficient (Wildman–Crippen LogP) is -0.240. The molecule has 0 radical (unpaired) electrons. The molecule has 15 heavy (non-hydrogen) atoms. The lowest BCUT2D eigenvalue weighted by atomic mass is 10.3. The molecule has 1 fully saturated rings. The second-order valence-corrected chi connectivity index (χ2v) is 3.73. The molecule has 1 aliphatic heterocycles. The molecule has 5 nitrogen and oxygen atoms in total. The molecule has 86 valence electrons. The first-order valence-electron chi connectivity index (χ1n) is 5.27. The minimum atomic E-state index is -0.194. The maximum Gasteiger partial charge on any atom is 0.320 e. The molecule has 1 unspecified atom stereocenters. The summed E-state index contributed by atoms with van der Waals surface area (Å²) >= 11 is 0. The van der Waals surface area contributed by atoms with Gasteiger partial charge in [0.1, 0.15) is 0 Å². The lowest BCUT2D eigenvalue weighted by molar-refractivity contribution is -0.144. The van der Waals surface area contributed by atoms with Gasteiger partial charge in [0, 0.05) is 26.1 Å². The molecule has 0 spiro atoms. The third-order valence-corrected chi connectivity index (χ3v) is 2.34. The fourth-order valence-corrected chi connectivity index (χ4v) is 1.77. The Hall–Kier alpha value is -1.10. The van der Waals surface area contributed by atoms with Gasteiger partial charge in [-0.2, -0.15) is 0 Å². The molecule has 1 atom stereocenters. The van der Waals surface area contributed by atoms with E-state index in [-0.39, 0.29) is 17.9 Å². The number of nitrogens with one attached hydrogen (secondary N) is 1. The molecular weight excluding hydrogens is 196 g/mol. The molecule has 1 heterocycles. The lowest BCUT2D eigenvalue weighted by Gasteiger charge is -2.14. The molecule has 0 saturated carbocycles. The molecule has 0 aromatic rings. The van der Waals surface area contributed by atoms with Crippen LogP contribution in [0.2, 0.25) is 0 Å². The van der Waals surface area contributed by atoms with Crippen LogP contribution in [0.1, 0.15) is 20.3 Å². The molecular formula is C10H18N2O3. The second kappa shape index (κ2) is 5.70. The van der Waals surface area contributed by atoms with Gasteiger partial charge < -0.3 is 10.1 Å². The van der Waals surface area contributed by atoms with Crippen LogP contribution in [0.15, 0.2) is 0 Å². The number of carbonyl (C=O) groups excluding carboxylic acids is 2. The summed E-state index contributed by atoms with van der Waals surface area (Å²) in [5, 5.41) is 2.84. The molecule has 1 rings (SSSR count). The number of rotatable bonds is 4. The highest BCUT2D eigenvalue weighted by molar-refractivity contribution is 5.73. The van der Waals surface area contributed by atoms with Crippen molar-refractivity contribution in [2.24, 2.45) is 0 Å². The van der Waals surface area contributed by atoms with Crippen molar-refractivity contribution in [3.8, 4) is 0 Å². The maximum atomic E-state index is 11.2. The first kappa shape index (κ1) is 12.0. The predicted molar refractivity (Wildman–Crippen MR) is 55.3 cm³/mol. The smallest absolute Gasteiger partial charge is 0.320 e. The topological polar surface area (TPSA) is 58.6 Å². The zero-order valence-electron chi connectivity index (χ0n) is 9.28. The largest absolute Gasteiger partial charge is 0.465 e. The van der Waals surface area contributed by atoms with Gasteiger partial charge in [-0.05, 0) is 13.3 Å². The summed E-state index contributed by atoms with van der Waals surface area (Å²) in [4.78, 5) is 24.0. The van der Waals surface area contributed by atoms with Crippen molar-refractivity contribution in [1.29, 1.82) is 0 Å². The molecule has 1 amide bonds. The van der Waals surface area contributed by atoms with Crippen LogP contribution < -0.4 is 5.32 Å². The average molecular weight is 214 g/mol. The van der Waals surface area contributed by atoms with Crippen LogP contribution in [0.5, 0.6) is 0 Å². The van der Waals surface area contributed by atoms with Crippen molar-refractivity contribution in [3.05, 3.63) is 0 Å². The van der Waals surface area contributed by atoms with Crippen LogP contribution in [-0.2, 0) is 14.3 Å². The molecule has 1 saturated heterocycles. The van der Waals surface area contributed by atoms with E-state index in [0.717, 1.165) is 19.5 Å². The van der Waals surface area contributed by atoms with Crippen molar-refractivity contribution in [2.75, 3.05) is 26.2 Å². The Bertz CT molecular complexity index is 243. The lowest BCUT2D eigenvalue weighted by Crippen LogP contribution is -2.37. The maximum absolute atomic E-state index is 11.2. The van der Waals surface area contributed by atoms with E-state index in [0.29, 0.717) is 13.2 Å². The summed E-state index contributed by atoms with van der Waals surface area (Å²) < 4.78 is 4.85. The van der Waals surface area contributed by atoms with E-state index in [1.807, 2.05) is 4.90 Å². The van der Waals surface area contributed by atoms with Crippen molar-refractivity contribution in [2.45, 2.75) is 26.3 Å². The third-order valence-electron chi connectivity index (χ3n) is 2.34. The highest BCUT2D eigenvalue weighted by Crippen LogP contribution is 2.08. The van der Waals surface area contributed by atoms with Crippen molar-refractivity contribution < 1.29 is 14.3 Å². The van der Waals surface area contributed by atoms with Crippen LogP contribution >= 0.6 is 0 Å². The summed E-state index contributed by atoms with van der Waals surface area (Å²) in [5.74, 6) is -0.209. The zero-order valence-corrected chi connectivity index (χ0v) is 9.28. The van der Waals surface area contributed by atoms with Gasteiger partial charge in [-0.25, -0.2) is 0 Å². The number of ether oxygens (including phenoxy) is 1. The number of esters is 1. The van der Waals surface area contributed by atoms with Crippen LogP contribution in [0.3, 0.4) is 0 Å².